The summed E-state index contributed by atoms with van der Waals surface area (Å²) in [6, 6.07) is 0. The highest BCUT2D eigenvalue weighted by atomic mass is 19.1. The van der Waals surface area contributed by atoms with Gasteiger partial charge in [0, 0.05) is 5.57 Å². The third kappa shape index (κ3) is 9.46. The van der Waals surface area contributed by atoms with Crippen LogP contribution in [0.2, 0.25) is 0 Å². The molecule has 16 heavy (non-hydrogen) atoms. The molecule has 94 valence electrons. The summed E-state index contributed by atoms with van der Waals surface area (Å²) in [5.41, 5.74) is 0.387. The van der Waals surface area contributed by atoms with Crippen molar-refractivity contribution in [3.8, 4) is 0 Å². The van der Waals surface area contributed by atoms with Gasteiger partial charge in [0.05, 0.1) is 7.11 Å². The van der Waals surface area contributed by atoms with E-state index in [9.17, 15) is 4.39 Å². The maximum atomic E-state index is 12.3. The molecule has 0 atom stereocenters. The van der Waals surface area contributed by atoms with Gasteiger partial charge < -0.3 is 10.1 Å². The maximum Gasteiger partial charge on any atom is 0.124 e. The Morgan fingerprint density at radius 2 is 2.06 bits per heavy atom. The molecule has 0 radical (unpaired) electrons. The number of nitrogens with one attached hydrogen (secondary N) is 1. The van der Waals surface area contributed by atoms with Crippen LogP contribution in [0.25, 0.3) is 0 Å². The van der Waals surface area contributed by atoms with E-state index in [1.165, 1.54) is 26.0 Å². The van der Waals surface area contributed by atoms with Gasteiger partial charge in [0.1, 0.15) is 11.6 Å². The smallest absolute Gasteiger partial charge is 0.124 e. The summed E-state index contributed by atoms with van der Waals surface area (Å²) in [6.45, 7) is 11.5. The van der Waals surface area contributed by atoms with Gasteiger partial charge in [-0.1, -0.05) is 26.5 Å². The van der Waals surface area contributed by atoms with Crippen LogP contribution in [0.3, 0.4) is 0 Å². The van der Waals surface area contributed by atoms with Crippen LogP contribution < -0.4 is 5.32 Å². The Hall–Kier alpha value is -1.09. The lowest BCUT2D eigenvalue weighted by atomic mass is 10.2. The Balaban J connectivity index is 0. The number of methoxy groups -OCH3 is 1. The van der Waals surface area contributed by atoms with E-state index in [0.29, 0.717) is 11.3 Å². The zero-order chi connectivity index (χ0) is 13.0. The molecule has 0 fully saturated rings. The van der Waals surface area contributed by atoms with Crippen molar-refractivity contribution in [2.45, 2.75) is 26.7 Å². The van der Waals surface area contributed by atoms with E-state index in [-0.39, 0.29) is 0 Å². The fourth-order valence-corrected chi connectivity index (χ4v) is 0.877. The van der Waals surface area contributed by atoms with E-state index >= 15 is 0 Å². The van der Waals surface area contributed by atoms with Crippen LogP contribution in [0.1, 0.15) is 26.7 Å². The Morgan fingerprint density at radius 1 is 1.50 bits per heavy atom. The fraction of sp³-hybridized carbons (Fsp3) is 0.538. The molecule has 0 amide bonds. The predicted molar refractivity (Wildman–Crippen MR) is 69.0 cm³/mol. The van der Waals surface area contributed by atoms with Crippen LogP contribution in [0.4, 0.5) is 4.39 Å². The van der Waals surface area contributed by atoms with E-state index in [4.69, 9.17) is 4.74 Å². The summed E-state index contributed by atoms with van der Waals surface area (Å²) >= 11 is 0. The number of hydrogen-bond donors (Lipinski definition) is 1. The third-order valence-electron chi connectivity index (χ3n) is 1.96. The van der Waals surface area contributed by atoms with Crippen molar-refractivity contribution in [1.82, 2.24) is 5.32 Å². The van der Waals surface area contributed by atoms with Crippen LogP contribution in [-0.4, -0.2) is 20.7 Å². The highest BCUT2D eigenvalue weighted by Gasteiger charge is 2.00. The maximum absolute atomic E-state index is 12.3. The lowest BCUT2D eigenvalue weighted by Crippen LogP contribution is -2.06. The number of hydrogen-bond acceptors (Lipinski definition) is 2. The number of rotatable bonds is 6. The lowest BCUT2D eigenvalue weighted by molar-refractivity contribution is 0.301. The van der Waals surface area contributed by atoms with Gasteiger partial charge in [0.25, 0.3) is 0 Å². The molecule has 0 heterocycles. The van der Waals surface area contributed by atoms with Gasteiger partial charge in [-0.3, -0.25) is 0 Å². The van der Waals surface area contributed by atoms with Crippen molar-refractivity contribution in [3.63, 3.8) is 0 Å². The number of allylic oxidation sites excluding steroid dienone is 3. The van der Waals surface area contributed by atoms with Gasteiger partial charge >= 0.3 is 0 Å². The molecule has 0 rings (SSSR count). The van der Waals surface area contributed by atoms with Crippen LogP contribution >= 0.6 is 0 Å². The molecule has 3 heteroatoms. The summed E-state index contributed by atoms with van der Waals surface area (Å²) in [6.07, 6.45) is 4.04. The molecule has 1 N–H and O–H groups in total. The van der Waals surface area contributed by atoms with Gasteiger partial charge in [-0.05, 0) is 33.0 Å². The summed E-state index contributed by atoms with van der Waals surface area (Å²) in [7, 11) is 3.44. The molecule has 0 saturated carbocycles. The molecule has 0 aromatic rings. The van der Waals surface area contributed by atoms with Gasteiger partial charge in [0.2, 0.25) is 0 Å². The van der Waals surface area contributed by atoms with Crippen molar-refractivity contribution in [3.05, 3.63) is 36.4 Å². The minimum Gasteiger partial charge on any atom is -0.496 e. The SMILES string of the molecule is C=C/C(OC)=C(/C)C(=C)F.CCCCNC. The first-order valence-corrected chi connectivity index (χ1v) is 5.41. The zero-order valence-electron chi connectivity index (χ0n) is 10.9. The molecule has 2 nitrogen and oxygen atoms in total. The predicted octanol–water partition coefficient (Wildman–Crippen LogP) is 3.58. The van der Waals surface area contributed by atoms with Crippen LogP contribution in [0, 0.1) is 0 Å². The summed E-state index contributed by atoms with van der Waals surface area (Å²) in [5.74, 6) is -0.0655. The minimum atomic E-state index is -0.489. The zero-order valence-corrected chi connectivity index (χ0v) is 10.9. The molecule has 0 unspecified atom stereocenters. The summed E-state index contributed by atoms with van der Waals surface area (Å²) < 4.78 is 17.1. The molecule has 0 aromatic heterocycles. The average molecular weight is 229 g/mol. The molecule has 0 aromatic carbocycles. The van der Waals surface area contributed by atoms with Gasteiger partial charge in [-0.25, -0.2) is 4.39 Å². The van der Waals surface area contributed by atoms with E-state index in [1.54, 1.807) is 6.92 Å². The molecule has 0 aliphatic heterocycles. The monoisotopic (exact) mass is 229 g/mol. The second-order valence-corrected chi connectivity index (χ2v) is 3.26. The molecular weight excluding hydrogens is 205 g/mol. The van der Waals surface area contributed by atoms with E-state index in [1.807, 2.05) is 7.05 Å². The number of halogens is 1. The molecule has 0 aliphatic rings. The number of unbranched alkanes of at least 4 members (excludes halogenated alkanes) is 1. The molecule has 0 saturated heterocycles. The van der Waals surface area contributed by atoms with Gasteiger partial charge in [0.15, 0.2) is 0 Å². The van der Waals surface area contributed by atoms with Crippen molar-refractivity contribution < 1.29 is 9.13 Å². The topological polar surface area (TPSA) is 21.3 Å². The van der Waals surface area contributed by atoms with Crippen molar-refractivity contribution in [2.24, 2.45) is 0 Å². The first-order chi connectivity index (χ1) is 7.54. The Morgan fingerprint density at radius 3 is 2.19 bits per heavy atom. The lowest BCUT2D eigenvalue weighted by Gasteiger charge is -2.02. The van der Waals surface area contributed by atoms with Crippen molar-refractivity contribution in [2.75, 3.05) is 20.7 Å². The van der Waals surface area contributed by atoms with E-state index < -0.39 is 5.83 Å². The summed E-state index contributed by atoms with van der Waals surface area (Å²) in [4.78, 5) is 0. The first kappa shape index (κ1) is 17.3. The van der Waals surface area contributed by atoms with E-state index in [0.717, 1.165) is 6.54 Å². The first-order valence-electron chi connectivity index (χ1n) is 5.41. The second kappa shape index (κ2) is 12.0. The third-order valence-corrected chi connectivity index (χ3v) is 1.96. The largest absolute Gasteiger partial charge is 0.496 e. The van der Waals surface area contributed by atoms with Gasteiger partial charge in [-0.15, -0.1) is 0 Å². The highest BCUT2D eigenvalue weighted by Crippen LogP contribution is 2.14. The molecule has 0 bridgehead atoms. The Kier molecular flexibility index (Phi) is 13.0. The van der Waals surface area contributed by atoms with Crippen LogP contribution in [-0.2, 0) is 4.74 Å². The van der Waals surface area contributed by atoms with Crippen molar-refractivity contribution in [1.29, 1.82) is 0 Å². The minimum absolute atomic E-state index is 0.387. The molecule has 0 spiro atoms. The number of ether oxygens (including phenoxy) is 1. The van der Waals surface area contributed by atoms with Crippen molar-refractivity contribution >= 4 is 0 Å². The Bertz CT molecular complexity index is 230. The molecular formula is C13H24FNO. The van der Waals surface area contributed by atoms with Crippen LogP contribution in [0.15, 0.2) is 36.4 Å². The standard InChI is InChI=1S/C8H11FO.C5H13N/c1-5-8(10-4)6(2)7(3)9;1-3-4-5-6-2/h5H,1,3H2,2,4H3;6H,3-5H2,1-2H3/b8-6+;. The molecule has 0 aliphatic carbocycles. The normalized spacial score (nSPS) is 10.8. The average Bonchev–Trinajstić information content (AvgIpc) is 2.28. The van der Waals surface area contributed by atoms with E-state index in [2.05, 4.69) is 25.4 Å². The fourth-order valence-electron chi connectivity index (χ4n) is 0.877. The Labute approximate surface area is 98.9 Å². The quantitative estimate of drug-likeness (QED) is 0.427. The van der Waals surface area contributed by atoms with Gasteiger partial charge in [-0.2, -0.15) is 0 Å². The summed E-state index contributed by atoms with van der Waals surface area (Å²) in [5, 5.41) is 3.07. The second-order valence-electron chi connectivity index (χ2n) is 3.26. The van der Waals surface area contributed by atoms with Crippen LogP contribution in [0.5, 0.6) is 0 Å². The highest BCUT2D eigenvalue weighted by molar-refractivity contribution is 5.28.